The number of rotatable bonds is 6. The van der Waals surface area contributed by atoms with E-state index in [0.717, 1.165) is 37.8 Å². The Bertz CT molecular complexity index is 377. The molecule has 0 fully saturated rings. The molecule has 0 N–H and O–H groups in total. The molecule has 0 radical (unpaired) electrons. The van der Waals surface area contributed by atoms with E-state index in [1.165, 1.54) is 6.07 Å². The van der Waals surface area contributed by atoms with E-state index in [-0.39, 0.29) is 5.02 Å². The van der Waals surface area contributed by atoms with Crippen molar-refractivity contribution < 1.29 is 17.9 Å². The summed E-state index contributed by atoms with van der Waals surface area (Å²) in [7, 11) is 0. The minimum Gasteiger partial charge on any atom is -0.492 e. The molecule has 0 aliphatic rings. The summed E-state index contributed by atoms with van der Waals surface area (Å²) in [5, 5.41) is 0.000293. The Morgan fingerprint density at radius 3 is 2.44 bits per heavy atom. The molecule has 0 aliphatic carbocycles. The highest BCUT2D eigenvalue weighted by Crippen LogP contribution is 2.34. The molecule has 0 atom stereocenters. The van der Waals surface area contributed by atoms with Gasteiger partial charge < -0.3 is 4.74 Å². The summed E-state index contributed by atoms with van der Waals surface area (Å²) in [6, 6.07) is 3.14. The Morgan fingerprint density at radius 2 is 1.89 bits per heavy atom. The van der Waals surface area contributed by atoms with Crippen molar-refractivity contribution in [3.8, 4) is 5.75 Å². The lowest BCUT2D eigenvalue weighted by Gasteiger charge is -2.11. The lowest BCUT2D eigenvalue weighted by Crippen LogP contribution is -2.05. The lowest BCUT2D eigenvalue weighted by atomic mass is 10.2. The van der Waals surface area contributed by atoms with Crippen LogP contribution in [-0.2, 0) is 6.18 Å². The first kappa shape index (κ1) is 15.2. The molecule has 0 saturated heterocycles. The van der Waals surface area contributed by atoms with Crippen molar-refractivity contribution in [3.63, 3.8) is 0 Å². The SMILES string of the molecule is CCCCCCOc1ccc(C(F)(F)F)cc1Cl. The minimum absolute atomic E-state index is 0.000293. The first-order valence-corrected chi connectivity index (χ1v) is 6.32. The normalized spacial score (nSPS) is 11.6. The maximum atomic E-state index is 12.4. The number of alkyl halides is 3. The third kappa shape index (κ3) is 4.77. The monoisotopic (exact) mass is 280 g/mol. The summed E-state index contributed by atoms with van der Waals surface area (Å²) >= 11 is 5.75. The van der Waals surface area contributed by atoms with Crippen LogP contribution < -0.4 is 4.74 Å². The van der Waals surface area contributed by atoms with Gasteiger partial charge in [-0.3, -0.25) is 0 Å². The average molecular weight is 281 g/mol. The van der Waals surface area contributed by atoms with E-state index >= 15 is 0 Å². The van der Waals surface area contributed by atoms with E-state index in [9.17, 15) is 13.2 Å². The van der Waals surface area contributed by atoms with Gasteiger partial charge in [0, 0.05) is 0 Å². The first-order chi connectivity index (χ1) is 8.45. The van der Waals surface area contributed by atoms with Crippen LogP contribution in [0.5, 0.6) is 5.75 Å². The molecular formula is C13H16ClF3O. The van der Waals surface area contributed by atoms with Crippen molar-refractivity contribution in [2.45, 2.75) is 38.8 Å². The molecule has 1 aromatic rings. The maximum absolute atomic E-state index is 12.4. The first-order valence-electron chi connectivity index (χ1n) is 5.94. The van der Waals surface area contributed by atoms with Gasteiger partial charge in [0.1, 0.15) is 5.75 Å². The van der Waals surface area contributed by atoms with Crippen LogP contribution in [0.3, 0.4) is 0 Å². The fourth-order valence-electron chi connectivity index (χ4n) is 1.51. The highest BCUT2D eigenvalue weighted by Gasteiger charge is 2.30. The van der Waals surface area contributed by atoms with Crippen LogP contribution in [0.15, 0.2) is 18.2 Å². The third-order valence-electron chi connectivity index (χ3n) is 2.51. The predicted octanol–water partition coefficient (Wildman–Crippen LogP) is 5.32. The summed E-state index contributed by atoms with van der Waals surface area (Å²) in [6.45, 7) is 2.58. The average Bonchev–Trinajstić information content (AvgIpc) is 2.29. The number of ether oxygens (including phenoxy) is 1. The number of unbranched alkanes of at least 4 members (excludes halogenated alkanes) is 3. The van der Waals surface area contributed by atoms with Gasteiger partial charge in [-0.15, -0.1) is 0 Å². The Kier molecular flexibility index (Phi) is 5.79. The number of hydrogen-bond donors (Lipinski definition) is 0. The van der Waals surface area contributed by atoms with Crippen LogP contribution in [-0.4, -0.2) is 6.61 Å². The lowest BCUT2D eigenvalue weighted by molar-refractivity contribution is -0.137. The van der Waals surface area contributed by atoms with E-state index in [0.29, 0.717) is 12.4 Å². The maximum Gasteiger partial charge on any atom is 0.416 e. The zero-order chi connectivity index (χ0) is 13.6. The molecule has 0 aromatic heterocycles. The molecule has 1 aromatic carbocycles. The van der Waals surface area contributed by atoms with Gasteiger partial charge in [-0.2, -0.15) is 13.2 Å². The Hall–Kier alpha value is -0.900. The van der Waals surface area contributed by atoms with Gasteiger partial charge in [0.2, 0.25) is 0 Å². The highest BCUT2D eigenvalue weighted by molar-refractivity contribution is 6.32. The zero-order valence-electron chi connectivity index (χ0n) is 10.2. The molecule has 0 amide bonds. The molecule has 0 unspecified atom stereocenters. The second-order valence-corrected chi connectivity index (χ2v) is 4.46. The fraction of sp³-hybridized carbons (Fsp3) is 0.538. The Morgan fingerprint density at radius 1 is 1.17 bits per heavy atom. The molecule has 0 aliphatic heterocycles. The van der Waals surface area contributed by atoms with Crippen molar-refractivity contribution >= 4 is 11.6 Å². The van der Waals surface area contributed by atoms with Crippen molar-refractivity contribution in [1.82, 2.24) is 0 Å². The summed E-state index contributed by atoms with van der Waals surface area (Å²) in [5.41, 5.74) is -0.758. The van der Waals surface area contributed by atoms with Crippen LogP contribution in [0.2, 0.25) is 5.02 Å². The van der Waals surface area contributed by atoms with Gasteiger partial charge in [0.05, 0.1) is 17.2 Å². The van der Waals surface area contributed by atoms with E-state index < -0.39 is 11.7 Å². The number of halogens is 4. The van der Waals surface area contributed by atoms with Crippen LogP contribution in [0.25, 0.3) is 0 Å². The molecule has 18 heavy (non-hydrogen) atoms. The third-order valence-corrected chi connectivity index (χ3v) is 2.81. The van der Waals surface area contributed by atoms with Gasteiger partial charge in [-0.05, 0) is 24.6 Å². The van der Waals surface area contributed by atoms with Crippen molar-refractivity contribution in [2.24, 2.45) is 0 Å². The summed E-state index contributed by atoms with van der Waals surface area (Å²) in [4.78, 5) is 0. The van der Waals surface area contributed by atoms with Gasteiger partial charge >= 0.3 is 6.18 Å². The van der Waals surface area contributed by atoms with E-state index in [4.69, 9.17) is 16.3 Å². The largest absolute Gasteiger partial charge is 0.492 e. The molecule has 102 valence electrons. The highest BCUT2D eigenvalue weighted by atomic mass is 35.5. The quantitative estimate of drug-likeness (QED) is 0.641. The number of hydrogen-bond acceptors (Lipinski definition) is 1. The topological polar surface area (TPSA) is 9.23 Å². The van der Waals surface area contributed by atoms with Crippen molar-refractivity contribution in [1.29, 1.82) is 0 Å². The van der Waals surface area contributed by atoms with Crippen LogP contribution in [0.1, 0.15) is 38.2 Å². The van der Waals surface area contributed by atoms with Crippen LogP contribution in [0.4, 0.5) is 13.2 Å². The van der Waals surface area contributed by atoms with Gasteiger partial charge in [0.15, 0.2) is 0 Å². The number of benzene rings is 1. The Balaban J connectivity index is 2.53. The van der Waals surface area contributed by atoms with Crippen molar-refractivity contribution in [3.05, 3.63) is 28.8 Å². The standard InChI is InChI=1S/C13H16ClF3O/c1-2-3-4-5-8-18-12-7-6-10(9-11(12)14)13(15,16)17/h6-7,9H,2-5,8H2,1H3. The van der Waals surface area contributed by atoms with Gasteiger partial charge in [0.25, 0.3) is 0 Å². The van der Waals surface area contributed by atoms with Gasteiger partial charge in [-0.25, -0.2) is 0 Å². The molecule has 1 nitrogen and oxygen atoms in total. The Labute approximate surface area is 110 Å². The molecule has 5 heteroatoms. The molecule has 0 saturated carbocycles. The van der Waals surface area contributed by atoms with Crippen molar-refractivity contribution in [2.75, 3.05) is 6.61 Å². The fourth-order valence-corrected chi connectivity index (χ4v) is 1.74. The van der Waals surface area contributed by atoms with E-state index in [1.807, 2.05) is 0 Å². The predicted molar refractivity (Wildman–Crippen MR) is 66.1 cm³/mol. The molecule has 0 bridgehead atoms. The summed E-state index contributed by atoms with van der Waals surface area (Å²) < 4.78 is 42.5. The van der Waals surface area contributed by atoms with E-state index in [2.05, 4.69) is 6.92 Å². The molecular weight excluding hydrogens is 265 g/mol. The smallest absolute Gasteiger partial charge is 0.416 e. The molecule has 0 spiro atoms. The van der Waals surface area contributed by atoms with Crippen LogP contribution >= 0.6 is 11.6 Å². The van der Waals surface area contributed by atoms with E-state index in [1.54, 1.807) is 0 Å². The molecule has 0 heterocycles. The molecule has 1 rings (SSSR count). The van der Waals surface area contributed by atoms with Crippen LogP contribution in [0, 0.1) is 0 Å². The summed E-state index contributed by atoms with van der Waals surface area (Å²) in [6.07, 6.45) is -0.186. The van der Waals surface area contributed by atoms with Gasteiger partial charge in [-0.1, -0.05) is 37.8 Å². The second-order valence-electron chi connectivity index (χ2n) is 4.05. The summed E-state index contributed by atoms with van der Waals surface area (Å²) in [5.74, 6) is 0.307. The zero-order valence-corrected chi connectivity index (χ0v) is 10.9. The second kappa shape index (κ2) is 6.88. The minimum atomic E-state index is -4.37.